The van der Waals surface area contributed by atoms with Gasteiger partial charge in [0.25, 0.3) is 5.24 Å². The fourth-order valence-electron chi connectivity index (χ4n) is 2.92. The maximum absolute atomic E-state index is 12.5. The van der Waals surface area contributed by atoms with Crippen LogP contribution in [0.3, 0.4) is 0 Å². The van der Waals surface area contributed by atoms with E-state index < -0.39 is 11.2 Å². The molecule has 0 N–H and O–H groups in total. The van der Waals surface area contributed by atoms with Crippen molar-refractivity contribution in [2.45, 2.75) is 45.4 Å². The normalized spacial score (nSPS) is 10.5. The van der Waals surface area contributed by atoms with Gasteiger partial charge in [-0.05, 0) is 35.2 Å². The first-order valence-electron chi connectivity index (χ1n) is 9.20. The highest BCUT2D eigenvalue weighted by atomic mass is 35.5. The highest BCUT2D eigenvalue weighted by Crippen LogP contribution is 2.28. The van der Waals surface area contributed by atoms with Gasteiger partial charge in [-0.3, -0.25) is 4.79 Å². The molecule has 2 rings (SSSR count). The summed E-state index contributed by atoms with van der Waals surface area (Å²) in [5.41, 5.74) is 1.90. The first-order chi connectivity index (χ1) is 12.6. The molecule has 0 saturated carbocycles. The van der Waals surface area contributed by atoms with Crippen LogP contribution in [0.1, 0.15) is 66.2 Å². The van der Waals surface area contributed by atoms with Gasteiger partial charge in [-0.2, -0.15) is 0 Å². The van der Waals surface area contributed by atoms with Gasteiger partial charge in [-0.1, -0.05) is 81.5 Å². The van der Waals surface area contributed by atoms with Crippen LogP contribution in [-0.4, -0.2) is 17.8 Å². The Morgan fingerprint density at radius 1 is 0.885 bits per heavy atom. The van der Waals surface area contributed by atoms with Crippen molar-refractivity contribution < 1.29 is 14.3 Å². The smallest absolute Gasteiger partial charge is 0.338 e. The van der Waals surface area contributed by atoms with E-state index in [1.807, 2.05) is 30.3 Å². The second-order valence-electron chi connectivity index (χ2n) is 6.27. The molecule has 0 heterocycles. The lowest BCUT2D eigenvalue weighted by Gasteiger charge is -2.12. The van der Waals surface area contributed by atoms with E-state index in [1.54, 1.807) is 18.2 Å². The Morgan fingerprint density at radius 3 is 2.27 bits per heavy atom. The van der Waals surface area contributed by atoms with Crippen LogP contribution in [0.2, 0.25) is 0 Å². The van der Waals surface area contributed by atoms with Crippen LogP contribution in [0.4, 0.5) is 0 Å². The number of halogens is 1. The van der Waals surface area contributed by atoms with Crippen LogP contribution in [0.5, 0.6) is 0 Å². The van der Waals surface area contributed by atoms with Gasteiger partial charge < -0.3 is 4.74 Å². The Morgan fingerprint density at radius 2 is 1.58 bits per heavy atom. The molecule has 0 unspecified atom stereocenters. The minimum atomic E-state index is -0.657. The molecule has 138 valence electrons. The highest BCUT2D eigenvalue weighted by molar-refractivity contribution is 6.68. The lowest BCUT2D eigenvalue weighted by molar-refractivity contribution is 0.0495. The number of carbonyl (C=O) groups excluding carboxylic acids is 2. The summed E-state index contributed by atoms with van der Waals surface area (Å²) in [5.74, 6) is -0.500. The van der Waals surface area contributed by atoms with Crippen molar-refractivity contribution in [2.24, 2.45) is 0 Å². The summed E-state index contributed by atoms with van der Waals surface area (Å²) in [6.45, 7) is 2.54. The Balaban J connectivity index is 2.06. The molecule has 0 spiro atoms. The molecule has 0 aliphatic carbocycles. The van der Waals surface area contributed by atoms with Gasteiger partial charge in [-0.15, -0.1) is 0 Å². The van der Waals surface area contributed by atoms with Gasteiger partial charge in [-0.25, -0.2) is 4.79 Å². The zero-order valence-corrected chi connectivity index (χ0v) is 15.9. The molecule has 0 saturated heterocycles. The molecule has 0 aliphatic rings. The standard InChI is InChI=1S/C22H25ClO3/c1-2-3-4-5-6-10-16-26-22(25)19-15-11-14-18(20(19)21(23)24)17-12-8-7-9-13-17/h7-9,11-15H,2-6,10,16H2,1H3. The molecular formula is C22H25ClO3. The van der Waals surface area contributed by atoms with Crippen LogP contribution >= 0.6 is 11.6 Å². The Labute approximate surface area is 160 Å². The second kappa shape index (κ2) is 10.8. The molecule has 2 aromatic rings. The number of hydrogen-bond acceptors (Lipinski definition) is 3. The molecule has 0 fully saturated rings. The lowest BCUT2D eigenvalue weighted by Crippen LogP contribution is -2.12. The van der Waals surface area contributed by atoms with Gasteiger partial charge in [0, 0.05) is 0 Å². The molecular weight excluding hydrogens is 348 g/mol. The molecule has 0 aromatic heterocycles. The van der Waals surface area contributed by atoms with Gasteiger partial charge >= 0.3 is 5.97 Å². The van der Waals surface area contributed by atoms with E-state index in [4.69, 9.17) is 16.3 Å². The van der Waals surface area contributed by atoms with Gasteiger partial charge in [0.1, 0.15) is 0 Å². The average molecular weight is 373 g/mol. The average Bonchev–Trinajstić information content (AvgIpc) is 2.67. The first kappa shape index (κ1) is 20.2. The minimum absolute atomic E-state index is 0.202. The third-order valence-electron chi connectivity index (χ3n) is 4.30. The molecule has 0 bridgehead atoms. The van der Waals surface area contributed by atoms with Gasteiger partial charge in [0.2, 0.25) is 0 Å². The van der Waals surface area contributed by atoms with Crippen molar-refractivity contribution in [3.8, 4) is 11.1 Å². The fourth-order valence-corrected chi connectivity index (χ4v) is 3.12. The number of carbonyl (C=O) groups is 2. The number of rotatable bonds is 10. The summed E-state index contributed by atoms with van der Waals surface area (Å²) in [4.78, 5) is 24.5. The van der Waals surface area contributed by atoms with E-state index in [9.17, 15) is 9.59 Å². The Bertz CT molecular complexity index is 725. The molecule has 0 radical (unpaired) electrons. The molecule has 3 nitrogen and oxygen atoms in total. The molecule has 0 aliphatic heterocycles. The van der Waals surface area contributed by atoms with E-state index in [0.29, 0.717) is 12.2 Å². The van der Waals surface area contributed by atoms with Crippen molar-refractivity contribution in [3.63, 3.8) is 0 Å². The summed E-state index contributed by atoms with van der Waals surface area (Å²) < 4.78 is 5.37. The lowest BCUT2D eigenvalue weighted by atomic mass is 9.96. The summed E-state index contributed by atoms with van der Waals surface area (Å²) in [5, 5.41) is -0.657. The van der Waals surface area contributed by atoms with Crippen molar-refractivity contribution in [1.82, 2.24) is 0 Å². The molecule has 4 heteroatoms. The summed E-state index contributed by atoms with van der Waals surface area (Å²) in [6.07, 6.45) is 6.70. The van der Waals surface area contributed by atoms with E-state index in [1.165, 1.54) is 19.3 Å². The zero-order chi connectivity index (χ0) is 18.8. The molecule has 0 atom stereocenters. The second-order valence-corrected chi connectivity index (χ2v) is 6.61. The van der Waals surface area contributed by atoms with Crippen LogP contribution < -0.4 is 0 Å². The molecule has 26 heavy (non-hydrogen) atoms. The number of benzene rings is 2. The summed E-state index contributed by atoms with van der Waals surface area (Å²) >= 11 is 5.79. The highest BCUT2D eigenvalue weighted by Gasteiger charge is 2.21. The van der Waals surface area contributed by atoms with Crippen molar-refractivity contribution in [3.05, 3.63) is 59.7 Å². The van der Waals surface area contributed by atoms with E-state index >= 15 is 0 Å². The van der Waals surface area contributed by atoms with Crippen LogP contribution in [-0.2, 0) is 4.74 Å². The third kappa shape index (κ3) is 5.70. The zero-order valence-electron chi connectivity index (χ0n) is 15.2. The maximum atomic E-state index is 12.5. The van der Waals surface area contributed by atoms with E-state index in [0.717, 1.165) is 24.8 Å². The Kier molecular flexibility index (Phi) is 8.36. The molecule has 0 amide bonds. The third-order valence-corrected chi connectivity index (χ3v) is 4.49. The summed E-state index contributed by atoms with van der Waals surface area (Å²) in [7, 11) is 0. The van der Waals surface area contributed by atoms with Crippen LogP contribution in [0.15, 0.2) is 48.5 Å². The number of hydrogen-bond donors (Lipinski definition) is 0. The van der Waals surface area contributed by atoms with E-state index in [-0.39, 0.29) is 11.1 Å². The summed E-state index contributed by atoms with van der Waals surface area (Å²) in [6, 6.07) is 14.5. The SMILES string of the molecule is CCCCCCCCOC(=O)c1cccc(-c2ccccc2)c1C(=O)Cl. The van der Waals surface area contributed by atoms with Crippen LogP contribution in [0.25, 0.3) is 11.1 Å². The van der Waals surface area contributed by atoms with Crippen molar-refractivity contribution >= 4 is 22.8 Å². The number of unbranched alkanes of at least 4 members (excludes halogenated alkanes) is 5. The fraction of sp³-hybridized carbons (Fsp3) is 0.364. The topological polar surface area (TPSA) is 43.4 Å². The van der Waals surface area contributed by atoms with Crippen LogP contribution in [0, 0.1) is 0 Å². The predicted molar refractivity (Wildman–Crippen MR) is 106 cm³/mol. The largest absolute Gasteiger partial charge is 0.462 e. The Hall–Kier alpha value is -2.13. The maximum Gasteiger partial charge on any atom is 0.338 e. The first-order valence-corrected chi connectivity index (χ1v) is 9.58. The van der Waals surface area contributed by atoms with Gasteiger partial charge in [0.15, 0.2) is 0 Å². The monoisotopic (exact) mass is 372 g/mol. The quantitative estimate of drug-likeness (QED) is 0.281. The van der Waals surface area contributed by atoms with Crippen molar-refractivity contribution in [2.75, 3.05) is 6.61 Å². The predicted octanol–water partition coefficient (Wildman–Crippen LogP) is 6.25. The van der Waals surface area contributed by atoms with Crippen molar-refractivity contribution in [1.29, 1.82) is 0 Å². The number of ether oxygens (including phenoxy) is 1. The van der Waals surface area contributed by atoms with Gasteiger partial charge in [0.05, 0.1) is 17.7 Å². The number of esters is 1. The minimum Gasteiger partial charge on any atom is -0.462 e. The molecule has 2 aromatic carbocycles. The van der Waals surface area contributed by atoms with E-state index in [2.05, 4.69) is 6.92 Å².